The van der Waals surface area contributed by atoms with Crippen molar-refractivity contribution in [3.05, 3.63) is 76.5 Å². The van der Waals surface area contributed by atoms with Crippen LogP contribution < -0.4 is 10.3 Å². The summed E-state index contributed by atoms with van der Waals surface area (Å²) >= 11 is 0. The number of fused-ring (bicyclic) bond motifs is 3. The second-order valence-electron chi connectivity index (χ2n) is 8.93. The van der Waals surface area contributed by atoms with E-state index < -0.39 is 12.8 Å². The van der Waals surface area contributed by atoms with E-state index in [1.165, 1.54) is 12.3 Å². The summed E-state index contributed by atoms with van der Waals surface area (Å²) in [5.41, 5.74) is 2.26. The Morgan fingerprint density at radius 3 is 2.63 bits per heavy atom. The second-order valence-corrected chi connectivity index (χ2v) is 8.93. The second kappa shape index (κ2) is 9.30. The van der Waals surface area contributed by atoms with E-state index in [0.717, 1.165) is 28.3 Å². The third-order valence-electron chi connectivity index (χ3n) is 6.41. The highest BCUT2D eigenvalue weighted by Gasteiger charge is 2.28. The van der Waals surface area contributed by atoms with Gasteiger partial charge >= 0.3 is 6.18 Å². The Hall–Kier alpha value is -3.46. The van der Waals surface area contributed by atoms with Crippen LogP contribution in [0.4, 0.5) is 13.2 Å². The first-order chi connectivity index (χ1) is 16.8. The molecule has 0 unspecified atom stereocenters. The maximum Gasteiger partial charge on any atom is 0.422 e. The zero-order valence-electron chi connectivity index (χ0n) is 19.1. The highest BCUT2D eigenvalue weighted by atomic mass is 19.4. The van der Waals surface area contributed by atoms with Crippen LogP contribution in [0.25, 0.3) is 21.7 Å². The van der Waals surface area contributed by atoms with Gasteiger partial charge in [0.15, 0.2) is 6.61 Å². The molecule has 0 saturated carbocycles. The van der Waals surface area contributed by atoms with Crippen molar-refractivity contribution in [3.8, 4) is 5.88 Å². The molecule has 0 amide bonds. The molecule has 0 N–H and O–H groups in total. The Morgan fingerprint density at radius 1 is 1.11 bits per heavy atom. The van der Waals surface area contributed by atoms with Gasteiger partial charge in [0.1, 0.15) is 0 Å². The molecule has 0 radical (unpaired) electrons. The van der Waals surface area contributed by atoms with Crippen LogP contribution in [-0.2, 0) is 11.2 Å². The molecule has 2 aromatic heterocycles. The maximum atomic E-state index is 13.6. The van der Waals surface area contributed by atoms with Crippen molar-refractivity contribution in [3.63, 3.8) is 0 Å². The van der Waals surface area contributed by atoms with Crippen molar-refractivity contribution in [1.82, 2.24) is 14.5 Å². The number of hydrogen-bond donors (Lipinski definition) is 0. The molecule has 35 heavy (non-hydrogen) atoms. The number of rotatable bonds is 5. The fraction of sp³-hybridized carbons (Fsp3) is 0.346. The number of nitrogens with zero attached hydrogens (tertiary/aromatic N) is 3. The molecule has 5 rings (SSSR count). The summed E-state index contributed by atoms with van der Waals surface area (Å²) in [6, 6.07) is 12.8. The normalized spacial score (nSPS) is 18.7. The first-order valence-electron chi connectivity index (χ1n) is 11.4. The SMILES string of the molecule is C[C@H]1COCC[C@@H]1n1cnc2c(cc(Cc3ccc(OCC(F)(F)F)nc3)c3ccccc32)c1=O. The zero-order chi connectivity index (χ0) is 24.6. The lowest BCUT2D eigenvalue weighted by Crippen LogP contribution is -2.34. The summed E-state index contributed by atoms with van der Waals surface area (Å²) in [6.07, 6.45) is -0.0787. The minimum atomic E-state index is -4.42. The van der Waals surface area contributed by atoms with Crippen LogP contribution in [0.15, 0.2) is 59.8 Å². The minimum absolute atomic E-state index is 0.0245. The van der Waals surface area contributed by atoms with E-state index in [2.05, 4.69) is 16.9 Å². The molecule has 0 spiro atoms. The first kappa shape index (κ1) is 23.3. The van der Waals surface area contributed by atoms with Crippen molar-refractivity contribution < 1.29 is 22.6 Å². The van der Waals surface area contributed by atoms with Crippen molar-refractivity contribution in [2.24, 2.45) is 5.92 Å². The van der Waals surface area contributed by atoms with Gasteiger partial charge in [-0.25, -0.2) is 9.97 Å². The smallest absolute Gasteiger partial charge is 0.422 e. The number of ether oxygens (including phenoxy) is 2. The van der Waals surface area contributed by atoms with Crippen LogP contribution in [0, 0.1) is 5.92 Å². The third-order valence-corrected chi connectivity index (χ3v) is 6.41. The van der Waals surface area contributed by atoms with Gasteiger partial charge in [-0.1, -0.05) is 37.3 Å². The molecule has 2 aromatic carbocycles. The number of alkyl halides is 3. The van der Waals surface area contributed by atoms with Crippen molar-refractivity contribution >= 4 is 21.7 Å². The zero-order valence-corrected chi connectivity index (χ0v) is 19.1. The van der Waals surface area contributed by atoms with Gasteiger partial charge in [-0.2, -0.15) is 13.2 Å². The molecule has 3 heterocycles. The Kier molecular flexibility index (Phi) is 6.19. The van der Waals surface area contributed by atoms with Gasteiger partial charge in [0.2, 0.25) is 5.88 Å². The average molecular weight is 483 g/mol. The number of hydrogen-bond acceptors (Lipinski definition) is 5. The van der Waals surface area contributed by atoms with Crippen LogP contribution >= 0.6 is 0 Å². The Bertz CT molecular complexity index is 1420. The fourth-order valence-corrected chi connectivity index (χ4v) is 4.69. The predicted molar refractivity (Wildman–Crippen MR) is 126 cm³/mol. The first-order valence-corrected chi connectivity index (χ1v) is 11.4. The molecular formula is C26H24F3N3O3. The number of pyridine rings is 1. The lowest BCUT2D eigenvalue weighted by atomic mass is 9.95. The Labute approximate surface area is 199 Å². The molecule has 9 heteroatoms. The van der Waals surface area contributed by atoms with Crippen molar-refractivity contribution in [1.29, 1.82) is 0 Å². The quantitative estimate of drug-likeness (QED) is 0.371. The highest BCUT2D eigenvalue weighted by Crippen LogP contribution is 2.30. The van der Waals surface area contributed by atoms with Gasteiger partial charge in [-0.05, 0) is 35.4 Å². The summed E-state index contributed by atoms with van der Waals surface area (Å²) in [7, 11) is 0. The van der Waals surface area contributed by atoms with Gasteiger partial charge in [0, 0.05) is 36.2 Å². The van der Waals surface area contributed by atoms with E-state index in [-0.39, 0.29) is 23.4 Å². The Balaban J connectivity index is 1.53. The van der Waals surface area contributed by atoms with E-state index in [1.54, 1.807) is 17.0 Å². The van der Waals surface area contributed by atoms with Gasteiger partial charge in [-0.3, -0.25) is 9.36 Å². The standard InChI is InChI=1S/C26H24F3N3O3/c1-16-13-34-9-8-22(16)32-15-31-24-20-5-3-2-4-19(20)18(11-21(24)25(32)33)10-17-6-7-23(30-12-17)35-14-26(27,28)29/h2-7,11-12,15-16,22H,8-10,13-14H2,1H3/t16-,22-/m0/s1. The topological polar surface area (TPSA) is 66.2 Å². The molecule has 2 atom stereocenters. The van der Waals surface area contributed by atoms with Crippen LogP contribution in [0.5, 0.6) is 5.88 Å². The predicted octanol–water partition coefficient (Wildman–Crippen LogP) is 5.07. The lowest BCUT2D eigenvalue weighted by Gasteiger charge is -2.30. The molecule has 182 valence electrons. The van der Waals surface area contributed by atoms with E-state index in [4.69, 9.17) is 9.47 Å². The van der Waals surface area contributed by atoms with E-state index in [0.29, 0.717) is 30.5 Å². The van der Waals surface area contributed by atoms with Crippen LogP contribution in [0.1, 0.15) is 30.5 Å². The summed E-state index contributed by atoms with van der Waals surface area (Å²) in [4.78, 5) is 22.3. The number of aromatic nitrogens is 3. The molecule has 1 fully saturated rings. The lowest BCUT2D eigenvalue weighted by molar-refractivity contribution is -0.154. The van der Waals surface area contributed by atoms with Gasteiger partial charge in [-0.15, -0.1) is 0 Å². The molecule has 0 bridgehead atoms. The Morgan fingerprint density at radius 2 is 1.91 bits per heavy atom. The maximum absolute atomic E-state index is 13.6. The van der Waals surface area contributed by atoms with Crippen molar-refractivity contribution in [2.45, 2.75) is 32.0 Å². The molecule has 0 aliphatic carbocycles. The monoisotopic (exact) mass is 483 g/mol. The highest BCUT2D eigenvalue weighted by molar-refractivity contribution is 6.06. The molecule has 6 nitrogen and oxygen atoms in total. The summed E-state index contributed by atoms with van der Waals surface area (Å²) in [5, 5.41) is 2.38. The number of benzene rings is 2. The summed E-state index contributed by atoms with van der Waals surface area (Å²) < 4.78 is 49.1. The third kappa shape index (κ3) is 4.86. The fourth-order valence-electron chi connectivity index (χ4n) is 4.69. The molecule has 1 saturated heterocycles. The average Bonchev–Trinajstić information content (AvgIpc) is 2.84. The molecule has 1 aliphatic heterocycles. The van der Waals surface area contributed by atoms with Crippen LogP contribution in [0.2, 0.25) is 0 Å². The summed E-state index contributed by atoms with van der Waals surface area (Å²) in [5.74, 6) is 0.108. The van der Waals surface area contributed by atoms with E-state index in [1.807, 2.05) is 30.3 Å². The largest absolute Gasteiger partial charge is 0.468 e. The van der Waals surface area contributed by atoms with Gasteiger partial charge < -0.3 is 9.47 Å². The van der Waals surface area contributed by atoms with Crippen LogP contribution in [-0.4, -0.2) is 40.5 Å². The van der Waals surface area contributed by atoms with Crippen molar-refractivity contribution in [2.75, 3.05) is 19.8 Å². The van der Waals surface area contributed by atoms with Gasteiger partial charge in [0.25, 0.3) is 5.56 Å². The molecular weight excluding hydrogens is 459 g/mol. The molecule has 1 aliphatic rings. The van der Waals surface area contributed by atoms with Crippen LogP contribution in [0.3, 0.4) is 0 Å². The minimum Gasteiger partial charge on any atom is -0.468 e. The number of halogens is 3. The molecule has 4 aromatic rings. The summed E-state index contributed by atoms with van der Waals surface area (Å²) in [6.45, 7) is 1.90. The van der Waals surface area contributed by atoms with E-state index in [9.17, 15) is 18.0 Å². The van der Waals surface area contributed by atoms with E-state index >= 15 is 0 Å². The van der Waals surface area contributed by atoms with Gasteiger partial charge in [0.05, 0.1) is 23.8 Å².